The molecule has 1 heterocycles. The number of piperidine rings is 1. The van der Waals surface area contributed by atoms with Crippen molar-refractivity contribution in [1.82, 2.24) is 5.32 Å². The molecule has 0 amide bonds. The topological polar surface area (TPSA) is 33.7 Å². The molecule has 1 fully saturated rings. The van der Waals surface area contributed by atoms with Crippen LogP contribution in [0.3, 0.4) is 0 Å². The van der Waals surface area contributed by atoms with Crippen molar-refractivity contribution in [3.63, 3.8) is 0 Å². The molecule has 124 valence electrons. The normalized spacial score (nSPS) is 15.1. The van der Waals surface area contributed by atoms with E-state index in [1.54, 1.807) is 7.11 Å². The lowest BCUT2D eigenvalue weighted by atomic mass is 10.1. The fourth-order valence-electron chi connectivity index (χ4n) is 2.90. The first-order valence-corrected chi connectivity index (χ1v) is 8.55. The molecule has 22 heavy (non-hydrogen) atoms. The summed E-state index contributed by atoms with van der Waals surface area (Å²) in [4.78, 5) is 2.45. The highest BCUT2D eigenvalue weighted by Gasteiger charge is 2.15. The van der Waals surface area contributed by atoms with Crippen molar-refractivity contribution in [2.45, 2.75) is 39.2 Å². The van der Waals surface area contributed by atoms with Gasteiger partial charge >= 0.3 is 0 Å². The predicted molar refractivity (Wildman–Crippen MR) is 91.9 cm³/mol. The van der Waals surface area contributed by atoms with Crippen LogP contribution in [0.5, 0.6) is 5.75 Å². The lowest BCUT2D eigenvalue weighted by Crippen LogP contribution is -2.29. The second-order valence-electron chi connectivity index (χ2n) is 5.78. The van der Waals surface area contributed by atoms with Gasteiger partial charge in [-0.25, -0.2) is 0 Å². The second-order valence-corrected chi connectivity index (χ2v) is 5.78. The molecule has 2 rings (SSSR count). The summed E-state index contributed by atoms with van der Waals surface area (Å²) in [5.41, 5.74) is 2.51. The minimum absolute atomic E-state index is 0.801. The Balaban J connectivity index is 1.85. The van der Waals surface area contributed by atoms with E-state index in [1.807, 2.05) is 6.92 Å². The van der Waals surface area contributed by atoms with E-state index >= 15 is 0 Å². The van der Waals surface area contributed by atoms with E-state index in [-0.39, 0.29) is 0 Å². The average Bonchev–Trinajstić information content (AvgIpc) is 2.58. The number of ether oxygens (including phenoxy) is 2. The van der Waals surface area contributed by atoms with Crippen molar-refractivity contribution in [2.75, 3.05) is 44.9 Å². The van der Waals surface area contributed by atoms with Crippen LogP contribution < -0.4 is 15.0 Å². The van der Waals surface area contributed by atoms with Crippen LogP contribution in [-0.4, -0.2) is 40.0 Å². The van der Waals surface area contributed by atoms with E-state index in [9.17, 15) is 0 Å². The number of methoxy groups -OCH3 is 1. The highest BCUT2D eigenvalue weighted by atomic mass is 16.5. The highest BCUT2D eigenvalue weighted by molar-refractivity contribution is 5.60. The molecule has 0 saturated carbocycles. The molecule has 0 spiro atoms. The van der Waals surface area contributed by atoms with Gasteiger partial charge in [0.15, 0.2) is 0 Å². The van der Waals surface area contributed by atoms with Gasteiger partial charge in [0, 0.05) is 32.8 Å². The van der Waals surface area contributed by atoms with Crippen LogP contribution in [0.15, 0.2) is 18.2 Å². The Morgan fingerprint density at radius 3 is 2.73 bits per heavy atom. The first-order chi connectivity index (χ1) is 10.8. The molecular weight excluding hydrogens is 276 g/mol. The van der Waals surface area contributed by atoms with E-state index in [0.29, 0.717) is 0 Å². The molecular formula is C18H30N2O2. The molecule has 1 aromatic carbocycles. The van der Waals surface area contributed by atoms with Crippen LogP contribution in [-0.2, 0) is 11.3 Å². The summed E-state index contributed by atoms with van der Waals surface area (Å²) in [5.74, 6) is 0.996. The van der Waals surface area contributed by atoms with E-state index in [4.69, 9.17) is 9.47 Å². The first kappa shape index (κ1) is 17.1. The van der Waals surface area contributed by atoms with Crippen molar-refractivity contribution in [1.29, 1.82) is 0 Å². The molecule has 1 N–H and O–H groups in total. The molecule has 0 radical (unpaired) electrons. The van der Waals surface area contributed by atoms with E-state index < -0.39 is 0 Å². The molecule has 0 unspecified atom stereocenters. The van der Waals surface area contributed by atoms with Crippen LogP contribution in [0.2, 0.25) is 0 Å². The maximum atomic E-state index is 5.61. The Hall–Kier alpha value is -1.26. The maximum Gasteiger partial charge on any atom is 0.142 e. The zero-order chi connectivity index (χ0) is 15.6. The number of hydrogen-bond acceptors (Lipinski definition) is 4. The van der Waals surface area contributed by atoms with Gasteiger partial charge in [-0.1, -0.05) is 6.07 Å². The fraction of sp³-hybridized carbons (Fsp3) is 0.667. The van der Waals surface area contributed by atoms with E-state index in [0.717, 1.165) is 51.6 Å². The summed E-state index contributed by atoms with van der Waals surface area (Å²) in [6, 6.07) is 6.59. The summed E-state index contributed by atoms with van der Waals surface area (Å²) in [5, 5.41) is 3.46. The van der Waals surface area contributed by atoms with Crippen molar-refractivity contribution < 1.29 is 9.47 Å². The Kier molecular flexibility index (Phi) is 7.54. The number of anilines is 1. The summed E-state index contributed by atoms with van der Waals surface area (Å²) >= 11 is 0. The third kappa shape index (κ3) is 5.18. The largest absolute Gasteiger partial charge is 0.495 e. The van der Waals surface area contributed by atoms with Crippen LogP contribution in [0.25, 0.3) is 0 Å². The Morgan fingerprint density at radius 1 is 1.18 bits per heavy atom. The average molecular weight is 306 g/mol. The SMILES string of the molecule is CCOCCCNCc1ccc(N2CCCCC2)c(OC)c1. The maximum absolute atomic E-state index is 5.61. The fourth-order valence-corrected chi connectivity index (χ4v) is 2.90. The zero-order valence-electron chi connectivity index (χ0n) is 14.1. The molecule has 1 saturated heterocycles. The summed E-state index contributed by atoms with van der Waals surface area (Å²) < 4.78 is 10.9. The quantitative estimate of drug-likeness (QED) is 0.710. The number of nitrogens with one attached hydrogen (secondary N) is 1. The monoisotopic (exact) mass is 306 g/mol. The van der Waals surface area contributed by atoms with Crippen molar-refractivity contribution in [3.8, 4) is 5.75 Å². The van der Waals surface area contributed by atoms with Gasteiger partial charge in [0.05, 0.1) is 12.8 Å². The summed E-state index contributed by atoms with van der Waals surface area (Å²) in [7, 11) is 1.77. The Morgan fingerprint density at radius 2 is 2.00 bits per heavy atom. The van der Waals surface area contributed by atoms with Gasteiger partial charge < -0.3 is 19.7 Å². The number of benzene rings is 1. The number of nitrogens with zero attached hydrogens (tertiary/aromatic N) is 1. The molecule has 1 aromatic rings. The molecule has 4 nitrogen and oxygen atoms in total. The molecule has 4 heteroatoms. The lowest BCUT2D eigenvalue weighted by molar-refractivity contribution is 0.144. The van der Waals surface area contributed by atoms with Crippen LogP contribution in [0, 0.1) is 0 Å². The number of hydrogen-bond donors (Lipinski definition) is 1. The minimum Gasteiger partial charge on any atom is -0.495 e. The van der Waals surface area contributed by atoms with Crippen molar-refractivity contribution >= 4 is 5.69 Å². The highest BCUT2D eigenvalue weighted by Crippen LogP contribution is 2.31. The van der Waals surface area contributed by atoms with Gasteiger partial charge in [-0.2, -0.15) is 0 Å². The van der Waals surface area contributed by atoms with Crippen molar-refractivity contribution in [2.24, 2.45) is 0 Å². The molecule has 1 aliphatic heterocycles. The van der Waals surface area contributed by atoms with Crippen molar-refractivity contribution in [3.05, 3.63) is 23.8 Å². The molecule has 1 aliphatic rings. The van der Waals surface area contributed by atoms with Crippen LogP contribution in [0.1, 0.15) is 38.2 Å². The third-order valence-corrected chi connectivity index (χ3v) is 4.12. The van der Waals surface area contributed by atoms with Crippen LogP contribution >= 0.6 is 0 Å². The van der Waals surface area contributed by atoms with Crippen LogP contribution in [0.4, 0.5) is 5.69 Å². The van der Waals surface area contributed by atoms with Gasteiger partial charge in [-0.15, -0.1) is 0 Å². The molecule has 0 atom stereocenters. The second kappa shape index (κ2) is 9.70. The lowest BCUT2D eigenvalue weighted by Gasteiger charge is -2.30. The summed E-state index contributed by atoms with van der Waals surface area (Å²) in [6.45, 7) is 7.81. The zero-order valence-corrected chi connectivity index (χ0v) is 14.1. The minimum atomic E-state index is 0.801. The molecule has 0 aliphatic carbocycles. The van der Waals surface area contributed by atoms with Gasteiger partial charge in [0.2, 0.25) is 0 Å². The number of rotatable bonds is 9. The molecule has 0 aromatic heterocycles. The Labute approximate surface area is 134 Å². The first-order valence-electron chi connectivity index (χ1n) is 8.55. The third-order valence-electron chi connectivity index (χ3n) is 4.12. The predicted octanol–water partition coefficient (Wildman–Crippen LogP) is 3.20. The van der Waals surface area contributed by atoms with E-state index in [2.05, 4.69) is 28.4 Å². The van der Waals surface area contributed by atoms with Gasteiger partial charge in [0.25, 0.3) is 0 Å². The summed E-state index contributed by atoms with van der Waals surface area (Å²) in [6.07, 6.45) is 4.97. The van der Waals surface area contributed by atoms with Gasteiger partial charge in [-0.3, -0.25) is 0 Å². The van der Waals surface area contributed by atoms with E-state index in [1.165, 1.54) is 30.5 Å². The Bertz CT molecular complexity index is 431. The standard InChI is InChI=1S/C18H30N2O2/c1-3-22-13-7-10-19-15-16-8-9-17(18(14-16)21-2)20-11-5-4-6-12-20/h8-9,14,19H,3-7,10-13,15H2,1-2H3. The molecule has 0 bridgehead atoms. The van der Waals surface area contributed by atoms with Gasteiger partial charge in [-0.05, 0) is 56.8 Å². The van der Waals surface area contributed by atoms with Gasteiger partial charge in [0.1, 0.15) is 5.75 Å². The smallest absolute Gasteiger partial charge is 0.142 e.